The van der Waals surface area contributed by atoms with E-state index in [4.69, 9.17) is 0 Å². The SMILES string of the molecule is COc1ccc(C2(C=O)CC2)cc1C(F)(F)F. The van der Waals surface area contributed by atoms with E-state index in [2.05, 4.69) is 4.74 Å². The maximum atomic E-state index is 12.8. The monoisotopic (exact) mass is 244 g/mol. The lowest BCUT2D eigenvalue weighted by atomic mass is 9.95. The zero-order valence-electron chi connectivity index (χ0n) is 9.17. The zero-order chi connectivity index (χ0) is 12.7. The second kappa shape index (κ2) is 3.75. The van der Waals surface area contributed by atoms with Crippen LogP contribution >= 0.6 is 0 Å². The number of alkyl halides is 3. The van der Waals surface area contributed by atoms with E-state index in [1.54, 1.807) is 0 Å². The van der Waals surface area contributed by atoms with Crippen molar-refractivity contribution in [3.8, 4) is 5.75 Å². The van der Waals surface area contributed by atoms with Crippen molar-refractivity contribution in [3.63, 3.8) is 0 Å². The van der Waals surface area contributed by atoms with Crippen molar-refractivity contribution < 1.29 is 22.7 Å². The smallest absolute Gasteiger partial charge is 0.419 e. The lowest BCUT2D eigenvalue weighted by Gasteiger charge is -2.15. The molecule has 0 atom stereocenters. The zero-order valence-corrected chi connectivity index (χ0v) is 9.17. The highest BCUT2D eigenvalue weighted by Crippen LogP contribution is 2.48. The summed E-state index contributed by atoms with van der Waals surface area (Å²) in [7, 11) is 1.19. The molecule has 0 aromatic heterocycles. The van der Waals surface area contributed by atoms with Gasteiger partial charge in [-0.25, -0.2) is 0 Å². The van der Waals surface area contributed by atoms with Crippen LogP contribution in [0.15, 0.2) is 18.2 Å². The van der Waals surface area contributed by atoms with E-state index in [-0.39, 0.29) is 5.75 Å². The van der Waals surface area contributed by atoms with Gasteiger partial charge in [-0.3, -0.25) is 0 Å². The number of benzene rings is 1. The molecule has 0 N–H and O–H groups in total. The average molecular weight is 244 g/mol. The first kappa shape index (κ1) is 12.0. The third kappa shape index (κ3) is 2.01. The Morgan fingerprint density at radius 1 is 1.35 bits per heavy atom. The van der Waals surface area contributed by atoms with Gasteiger partial charge in [0.25, 0.3) is 0 Å². The normalized spacial score (nSPS) is 17.6. The highest BCUT2D eigenvalue weighted by atomic mass is 19.4. The Hall–Kier alpha value is -1.52. The van der Waals surface area contributed by atoms with Gasteiger partial charge in [0, 0.05) is 0 Å². The average Bonchev–Trinajstić information content (AvgIpc) is 3.08. The molecule has 92 valence electrons. The lowest BCUT2D eigenvalue weighted by molar-refractivity contribution is -0.138. The van der Waals surface area contributed by atoms with Gasteiger partial charge in [-0.2, -0.15) is 13.2 Å². The van der Waals surface area contributed by atoms with E-state index < -0.39 is 17.2 Å². The second-order valence-corrected chi connectivity index (χ2v) is 4.19. The van der Waals surface area contributed by atoms with Gasteiger partial charge in [-0.1, -0.05) is 6.07 Å². The van der Waals surface area contributed by atoms with Crippen molar-refractivity contribution >= 4 is 6.29 Å². The van der Waals surface area contributed by atoms with Crippen LogP contribution in [0.4, 0.5) is 13.2 Å². The minimum absolute atomic E-state index is 0.219. The van der Waals surface area contributed by atoms with Gasteiger partial charge in [-0.15, -0.1) is 0 Å². The molecule has 1 fully saturated rings. The first-order valence-electron chi connectivity index (χ1n) is 5.15. The summed E-state index contributed by atoms with van der Waals surface area (Å²) in [6, 6.07) is 3.80. The predicted molar refractivity (Wildman–Crippen MR) is 55.0 cm³/mol. The van der Waals surface area contributed by atoms with Crippen LogP contribution < -0.4 is 4.74 Å². The third-order valence-electron chi connectivity index (χ3n) is 3.09. The molecule has 1 aromatic rings. The maximum absolute atomic E-state index is 12.8. The van der Waals surface area contributed by atoms with Crippen molar-refractivity contribution in [1.82, 2.24) is 0 Å². The Morgan fingerprint density at radius 2 is 2.00 bits per heavy atom. The molecule has 0 amide bonds. The van der Waals surface area contributed by atoms with Crippen LogP contribution in [0.25, 0.3) is 0 Å². The summed E-state index contributed by atoms with van der Waals surface area (Å²) in [5, 5.41) is 0. The number of hydrogen-bond acceptors (Lipinski definition) is 2. The minimum atomic E-state index is -4.47. The number of hydrogen-bond donors (Lipinski definition) is 0. The number of carbonyl (C=O) groups is 1. The number of rotatable bonds is 3. The first-order valence-corrected chi connectivity index (χ1v) is 5.15. The fraction of sp³-hybridized carbons (Fsp3) is 0.417. The van der Waals surface area contributed by atoms with Crippen molar-refractivity contribution in [2.45, 2.75) is 24.4 Å². The molecule has 1 aromatic carbocycles. The number of carbonyl (C=O) groups excluding carboxylic acids is 1. The molecule has 0 bridgehead atoms. The molecule has 2 rings (SSSR count). The lowest BCUT2D eigenvalue weighted by Crippen LogP contribution is -2.13. The van der Waals surface area contributed by atoms with E-state index in [9.17, 15) is 18.0 Å². The van der Waals surface area contributed by atoms with E-state index in [0.717, 1.165) is 12.4 Å². The van der Waals surface area contributed by atoms with Crippen molar-refractivity contribution in [3.05, 3.63) is 29.3 Å². The Balaban J connectivity index is 2.49. The van der Waals surface area contributed by atoms with Crippen LogP contribution in [0.2, 0.25) is 0 Å². The van der Waals surface area contributed by atoms with Gasteiger partial charge in [0.05, 0.1) is 18.1 Å². The van der Waals surface area contributed by atoms with Crippen LogP contribution in [0.5, 0.6) is 5.75 Å². The molecular formula is C12H11F3O2. The molecule has 17 heavy (non-hydrogen) atoms. The predicted octanol–water partition coefficient (Wildman–Crippen LogP) is 2.94. The van der Waals surface area contributed by atoms with Crippen LogP contribution in [0.1, 0.15) is 24.0 Å². The third-order valence-corrected chi connectivity index (χ3v) is 3.09. The standard InChI is InChI=1S/C12H11F3O2/c1-17-10-3-2-8(11(7-16)4-5-11)6-9(10)12(13,14)15/h2-3,6-7H,4-5H2,1H3. The maximum Gasteiger partial charge on any atom is 0.419 e. The summed E-state index contributed by atoms with van der Waals surface area (Å²) in [5.74, 6) is -0.219. The molecule has 0 saturated heterocycles. The molecule has 0 spiro atoms. The Kier molecular flexibility index (Phi) is 2.64. The first-order chi connectivity index (χ1) is 7.93. The fourth-order valence-electron chi connectivity index (χ4n) is 1.85. The summed E-state index contributed by atoms with van der Waals surface area (Å²) in [6.45, 7) is 0. The molecule has 5 heteroatoms. The Bertz CT molecular complexity index is 448. The highest BCUT2D eigenvalue weighted by Gasteiger charge is 2.46. The van der Waals surface area contributed by atoms with E-state index >= 15 is 0 Å². The number of methoxy groups -OCH3 is 1. The second-order valence-electron chi connectivity index (χ2n) is 4.19. The molecule has 0 aliphatic heterocycles. The van der Waals surface area contributed by atoms with Crippen LogP contribution in [0, 0.1) is 0 Å². The van der Waals surface area contributed by atoms with Crippen molar-refractivity contribution in [2.75, 3.05) is 7.11 Å². The van der Waals surface area contributed by atoms with E-state index in [1.807, 2.05) is 0 Å². The number of aldehydes is 1. The quantitative estimate of drug-likeness (QED) is 0.764. The largest absolute Gasteiger partial charge is 0.496 e. The summed E-state index contributed by atoms with van der Waals surface area (Å²) >= 11 is 0. The van der Waals surface area contributed by atoms with Gasteiger partial charge >= 0.3 is 6.18 Å². The summed E-state index contributed by atoms with van der Waals surface area (Å²) in [6.07, 6.45) is -2.52. The number of halogens is 3. The van der Waals surface area contributed by atoms with Crippen LogP contribution in [-0.4, -0.2) is 13.4 Å². The molecule has 1 saturated carbocycles. The van der Waals surface area contributed by atoms with E-state index in [0.29, 0.717) is 18.4 Å². The molecule has 2 nitrogen and oxygen atoms in total. The summed E-state index contributed by atoms with van der Waals surface area (Å²) in [4.78, 5) is 10.9. The molecular weight excluding hydrogens is 233 g/mol. The fourth-order valence-corrected chi connectivity index (χ4v) is 1.85. The van der Waals surface area contributed by atoms with Gasteiger partial charge < -0.3 is 9.53 Å². The van der Waals surface area contributed by atoms with Crippen LogP contribution in [-0.2, 0) is 16.4 Å². The summed E-state index contributed by atoms with van der Waals surface area (Å²) in [5.41, 5.74) is -1.11. The van der Waals surface area contributed by atoms with Crippen LogP contribution in [0.3, 0.4) is 0 Å². The molecule has 1 aliphatic rings. The topological polar surface area (TPSA) is 26.3 Å². The molecule has 1 aliphatic carbocycles. The molecule has 0 radical (unpaired) electrons. The van der Waals surface area contributed by atoms with Gasteiger partial charge in [0.1, 0.15) is 12.0 Å². The Morgan fingerprint density at radius 3 is 2.41 bits per heavy atom. The van der Waals surface area contributed by atoms with Gasteiger partial charge in [-0.05, 0) is 30.5 Å². The van der Waals surface area contributed by atoms with Crippen molar-refractivity contribution in [2.24, 2.45) is 0 Å². The Labute approximate surface area is 96.4 Å². The summed E-state index contributed by atoms with van der Waals surface area (Å²) < 4.78 is 43.0. The van der Waals surface area contributed by atoms with Crippen molar-refractivity contribution in [1.29, 1.82) is 0 Å². The number of ether oxygens (including phenoxy) is 1. The molecule has 0 unspecified atom stereocenters. The van der Waals surface area contributed by atoms with Gasteiger partial charge in [0.2, 0.25) is 0 Å². The van der Waals surface area contributed by atoms with E-state index in [1.165, 1.54) is 19.2 Å². The minimum Gasteiger partial charge on any atom is -0.496 e. The highest BCUT2D eigenvalue weighted by molar-refractivity contribution is 5.73. The molecule has 0 heterocycles. The van der Waals surface area contributed by atoms with Gasteiger partial charge in [0.15, 0.2) is 0 Å².